The summed E-state index contributed by atoms with van der Waals surface area (Å²) in [6.45, 7) is 0.784. The zero-order valence-corrected chi connectivity index (χ0v) is 15.2. The van der Waals surface area contributed by atoms with Crippen LogP contribution in [0.4, 0.5) is 4.39 Å². The molecule has 1 fully saturated rings. The van der Waals surface area contributed by atoms with Gasteiger partial charge in [0.15, 0.2) is 11.0 Å². The first-order valence-corrected chi connectivity index (χ1v) is 9.79. The average molecular weight is 387 g/mol. The molecule has 2 aromatic rings. The lowest BCUT2D eigenvalue weighted by molar-refractivity contribution is -0.114. The monoisotopic (exact) mass is 387 g/mol. The molecule has 1 aromatic carbocycles. The first kappa shape index (κ1) is 17.8. The van der Waals surface area contributed by atoms with Crippen molar-refractivity contribution in [1.82, 2.24) is 15.0 Å². The summed E-state index contributed by atoms with van der Waals surface area (Å²) in [5.74, 6) is 0.0107. The molecule has 27 heavy (non-hydrogen) atoms. The number of rotatable bonds is 4. The van der Waals surface area contributed by atoms with E-state index in [1.807, 2.05) is 12.1 Å². The van der Waals surface area contributed by atoms with Crippen LogP contribution in [0, 0.1) is 5.82 Å². The fourth-order valence-electron chi connectivity index (χ4n) is 3.24. The molecule has 0 bridgehead atoms. The summed E-state index contributed by atoms with van der Waals surface area (Å²) in [7, 11) is -1.50. The van der Waals surface area contributed by atoms with Crippen molar-refractivity contribution in [3.05, 3.63) is 65.7 Å². The molecule has 3 atom stereocenters. The molecule has 1 amide bonds. The fourth-order valence-corrected chi connectivity index (χ4v) is 4.15. The Morgan fingerprint density at radius 2 is 2.00 bits per heavy atom. The van der Waals surface area contributed by atoms with Crippen LogP contribution in [0.25, 0.3) is 4.91 Å². The van der Waals surface area contributed by atoms with Gasteiger partial charge >= 0.3 is 0 Å². The van der Waals surface area contributed by atoms with E-state index < -0.39 is 11.0 Å². The van der Waals surface area contributed by atoms with Crippen LogP contribution >= 0.6 is 0 Å². The van der Waals surface area contributed by atoms with Crippen LogP contribution in [-0.4, -0.2) is 27.7 Å². The predicted octanol–water partition coefficient (Wildman–Crippen LogP) is 2.23. The topological polar surface area (TPSA) is 80.3 Å². The first-order chi connectivity index (χ1) is 13.1. The summed E-state index contributed by atoms with van der Waals surface area (Å²) in [6, 6.07) is 10.3. The van der Waals surface area contributed by atoms with E-state index in [4.69, 9.17) is 4.74 Å². The lowest BCUT2D eigenvalue weighted by Crippen LogP contribution is -2.37. The standard InChI is InChI=1S/C19H18FN3O3S/c20-13-3-6-16(22-11-13)17-9-15(7-8-21-17)26-14-4-1-12(2-5-14)18-10-19(24)23-27(18)25/h1-6,10-11,15,17,21H,7-9H2,(H,23,24). The molecule has 0 radical (unpaired) electrons. The normalized spacial score (nSPS) is 25.0. The van der Waals surface area contributed by atoms with Crippen molar-refractivity contribution in [3.63, 3.8) is 0 Å². The molecule has 0 saturated carbocycles. The highest BCUT2D eigenvalue weighted by Crippen LogP contribution is 2.27. The molecule has 1 aromatic heterocycles. The summed E-state index contributed by atoms with van der Waals surface area (Å²) < 4.78 is 33.3. The van der Waals surface area contributed by atoms with Crippen molar-refractivity contribution >= 4 is 21.8 Å². The number of hydrogen-bond acceptors (Lipinski definition) is 5. The first-order valence-electron chi connectivity index (χ1n) is 8.64. The number of carbonyl (C=O) groups excluding carboxylic acids is 1. The Bertz CT molecular complexity index is 899. The largest absolute Gasteiger partial charge is 0.490 e. The number of aromatic nitrogens is 1. The molecule has 2 N–H and O–H groups in total. The Hall–Kier alpha value is -2.58. The van der Waals surface area contributed by atoms with Gasteiger partial charge in [-0.3, -0.25) is 14.5 Å². The molecule has 8 heteroatoms. The van der Waals surface area contributed by atoms with Gasteiger partial charge in [0.05, 0.1) is 22.8 Å². The lowest BCUT2D eigenvalue weighted by Gasteiger charge is -2.30. The second-order valence-electron chi connectivity index (χ2n) is 6.44. The third-order valence-corrected chi connectivity index (χ3v) is 5.70. The molecule has 140 valence electrons. The SMILES string of the molecule is O=C1C=C(c2ccc(OC3CCNC(c4ccc(F)cn4)C3)cc2)S(=O)N1. The van der Waals surface area contributed by atoms with Crippen molar-refractivity contribution in [2.45, 2.75) is 25.0 Å². The van der Waals surface area contributed by atoms with Crippen molar-refractivity contribution in [3.8, 4) is 5.75 Å². The van der Waals surface area contributed by atoms with Crippen LogP contribution in [0.2, 0.25) is 0 Å². The molecule has 3 heterocycles. The number of ether oxygens (including phenoxy) is 1. The van der Waals surface area contributed by atoms with Gasteiger partial charge in [-0.05, 0) is 42.8 Å². The maximum absolute atomic E-state index is 13.1. The number of piperidine rings is 1. The van der Waals surface area contributed by atoms with E-state index in [-0.39, 0.29) is 23.9 Å². The molecule has 0 spiro atoms. The van der Waals surface area contributed by atoms with E-state index in [1.165, 1.54) is 18.3 Å². The van der Waals surface area contributed by atoms with E-state index >= 15 is 0 Å². The van der Waals surface area contributed by atoms with Crippen LogP contribution in [0.5, 0.6) is 5.75 Å². The number of carbonyl (C=O) groups is 1. The minimum absolute atomic E-state index is 0.0111. The molecule has 2 aliphatic heterocycles. The summed E-state index contributed by atoms with van der Waals surface area (Å²) in [6.07, 6.45) is 4.17. The lowest BCUT2D eigenvalue weighted by atomic mass is 9.98. The van der Waals surface area contributed by atoms with Gasteiger partial charge in [0.2, 0.25) is 0 Å². The quantitative estimate of drug-likeness (QED) is 0.841. The number of halogens is 1. The molecular formula is C19H18FN3O3S. The third-order valence-electron chi connectivity index (χ3n) is 4.56. The smallest absolute Gasteiger partial charge is 0.257 e. The van der Waals surface area contributed by atoms with Gasteiger partial charge < -0.3 is 10.1 Å². The Morgan fingerprint density at radius 3 is 2.67 bits per heavy atom. The van der Waals surface area contributed by atoms with Gasteiger partial charge in [0.1, 0.15) is 17.7 Å². The highest BCUT2D eigenvalue weighted by Gasteiger charge is 2.25. The van der Waals surface area contributed by atoms with E-state index in [1.54, 1.807) is 18.2 Å². The summed E-state index contributed by atoms with van der Waals surface area (Å²) in [5.41, 5.74) is 1.52. The minimum Gasteiger partial charge on any atom is -0.490 e. The highest BCUT2D eigenvalue weighted by molar-refractivity contribution is 7.93. The minimum atomic E-state index is -1.50. The molecular weight excluding hydrogens is 369 g/mol. The van der Waals surface area contributed by atoms with Gasteiger partial charge in [-0.15, -0.1) is 0 Å². The molecule has 4 rings (SSSR count). The summed E-state index contributed by atoms with van der Waals surface area (Å²) in [4.78, 5) is 15.9. The average Bonchev–Trinajstić information content (AvgIpc) is 3.01. The van der Waals surface area contributed by atoms with Gasteiger partial charge in [0.25, 0.3) is 5.91 Å². The van der Waals surface area contributed by atoms with Crippen LogP contribution in [0.15, 0.2) is 48.7 Å². The molecule has 2 aliphatic rings. The Balaban J connectivity index is 1.41. The summed E-state index contributed by atoms with van der Waals surface area (Å²) in [5, 5.41) is 3.38. The van der Waals surface area contributed by atoms with Crippen LogP contribution < -0.4 is 14.8 Å². The number of nitrogens with one attached hydrogen (secondary N) is 2. The second-order valence-corrected chi connectivity index (χ2v) is 7.62. The maximum Gasteiger partial charge on any atom is 0.257 e. The number of pyridine rings is 1. The van der Waals surface area contributed by atoms with Gasteiger partial charge in [0, 0.05) is 12.5 Å². The Morgan fingerprint density at radius 1 is 1.19 bits per heavy atom. The zero-order valence-electron chi connectivity index (χ0n) is 14.4. The van der Waals surface area contributed by atoms with E-state index in [0.717, 1.165) is 30.6 Å². The number of hydrogen-bond donors (Lipinski definition) is 2. The van der Waals surface area contributed by atoms with Gasteiger partial charge in [-0.25, -0.2) is 8.60 Å². The van der Waals surface area contributed by atoms with Gasteiger partial charge in [-0.2, -0.15) is 0 Å². The maximum atomic E-state index is 13.1. The second kappa shape index (κ2) is 7.58. The van der Waals surface area contributed by atoms with Crippen molar-refractivity contribution in [2.24, 2.45) is 0 Å². The van der Waals surface area contributed by atoms with E-state index in [9.17, 15) is 13.4 Å². The molecule has 1 saturated heterocycles. The third kappa shape index (κ3) is 4.06. The summed E-state index contributed by atoms with van der Waals surface area (Å²) >= 11 is 0. The molecule has 6 nitrogen and oxygen atoms in total. The van der Waals surface area contributed by atoms with Crippen LogP contribution in [0.3, 0.4) is 0 Å². The van der Waals surface area contributed by atoms with E-state index in [2.05, 4.69) is 15.0 Å². The molecule has 0 aliphatic carbocycles. The number of nitrogens with zero attached hydrogens (tertiary/aromatic N) is 1. The Kier molecular flexibility index (Phi) is 5.00. The highest BCUT2D eigenvalue weighted by atomic mass is 32.2. The van der Waals surface area contributed by atoms with Crippen LogP contribution in [0.1, 0.15) is 30.1 Å². The number of amides is 1. The van der Waals surface area contributed by atoms with Crippen molar-refractivity contribution < 1.29 is 18.1 Å². The zero-order chi connectivity index (χ0) is 18.8. The fraction of sp³-hybridized carbons (Fsp3) is 0.263. The van der Waals surface area contributed by atoms with Crippen molar-refractivity contribution in [2.75, 3.05) is 6.54 Å². The van der Waals surface area contributed by atoms with Crippen molar-refractivity contribution in [1.29, 1.82) is 0 Å². The Labute approximate surface area is 158 Å². The van der Waals surface area contributed by atoms with E-state index in [0.29, 0.717) is 10.7 Å². The predicted molar refractivity (Wildman–Crippen MR) is 99.3 cm³/mol. The van der Waals surface area contributed by atoms with Crippen LogP contribution in [-0.2, 0) is 15.8 Å². The number of benzene rings is 1. The van der Waals surface area contributed by atoms with Gasteiger partial charge in [-0.1, -0.05) is 12.1 Å². The molecule has 3 unspecified atom stereocenters.